The van der Waals surface area contributed by atoms with Gasteiger partial charge in [-0.3, -0.25) is 0 Å². The van der Waals surface area contributed by atoms with Gasteiger partial charge in [0.2, 0.25) is 11.7 Å². The van der Waals surface area contributed by atoms with Crippen LogP contribution in [0.5, 0.6) is 0 Å². The van der Waals surface area contributed by atoms with Gasteiger partial charge in [-0.1, -0.05) is 6.07 Å². The number of rotatable bonds is 3. The quantitative estimate of drug-likeness (QED) is 0.805. The smallest absolute Gasteiger partial charge is 0.376 e. The number of aromatic nitrogens is 1. The van der Waals surface area contributed by atoms with Crippen LogP contribution < -0.4 is 0 Å². The number of carbonyl (C=O) groups is 1. The first-order chi connectivity index (χ1) is 9.69. The van der Waals surface area contributed by atoms with E-state index in [9.17, 15) is 4.79 Å². The summed E-state index contributed by atoms with van der Waals surface area (Å²) in [5.74, 6) is 0.118. The van der Waals surface area contributed by atoms with E-state index < -0.39 is 5.97 Å². The number of nitrogens with zero attached hydrogens (tertiary/aromatic N) is 1. The van der Waals surface area contributed by atoms with Gasteiger partial charge in [-0.2, -0.15) is 0 Å². The Morgan fingerprint density at radius 2 is 2.15 bits per heavy atom. The molecule has 1 aliphatic heterocycles. The average Bonchev–Trinajstić information content (AvgIpc) is 3.04. The van der Waals surface area contributed by atoms with Crippen LogP contribution in [0.4, 0.5) is 0 Å². The van der Waals surface area contributed by atoms with Gasteiger partial charge in [0.1, 0.15) is 0 Å². The molecule has 2 aromatic rings. The van der Waals surface area contributed by atoms with Crippen LogP contribution in [0.2, 0.25) is 0 Å². The van der Waals surface area contributed by atoms with Crippen molar-refractivity contribution < 1.29 is 18.7 Å². The zero-order chi connectivity index (χ0) is 14.1. The molecule has 1 aliphatic rings. The van der Waals surface area contributed by atoms with Gasteiger partial charge in [0.15, 0.2) is 0 Å². The molecule has 0 radical (unpaired) electrons. The zero-order valence-electron chi connectivity index (χ0n) is 11.4. The van der Waals surface area contributed by atoms with Crippen molar-refractivity contribution in [3.8, 4) is 11.5 Å². The minimum absolute atomic E-state index is 0.165. The normalized spacial score (nSPS) is 13.3. The van der Waals surface area contributed by atoms with Crippen molar-refractivity contribution in [3.05, 3.63) is 40.8 Å². The number of hydrogen-bond acceptors (Lipinski definition) is 5. The summed E-state index contributed by atoms with van der Waals surface area (Å²) in [6, 6.07) is 5.91. The van der Waals surface area contributed by atoms with E-state index in [2.05, 4.69) is 4.98 Å². The number of benzene rings is 1. The van der Waals surface area contributed by atoms with Crippen molar-refractivity contribution in [1.82, 2.24) is 4.98 Å². The molecule has 1 aromatic carbocycles. The molecule has 2 heterocycles. The molecular formula is C15H15NO4. The van der Waals surface area contributed by atoms with Gasteiger partial charge in [0.25, 0.3) is 0 Å². The second-order valence-electron chi connectivity index (χ2n) is 4.63. The SMILES string of the molecule is CCOC(=O)c1oc(-c2ccc3c(c2)COC3)nc1C. The maximum Gasteiger partial charge on any atom is 0.376 e. The van der Waals surface area contributed by atoms with Crippen molar-refractivity contribution in [2.75, 3.05) is 6.61 Å². The number of esters is 1. The molecule has 1 aromatic heterocycles. The van der Waals surface area contributed by atoms with Crippen LogP contribution in [-0.2, 0) is 22.7 Å². The molecule has 0 atom stereocenters. The average molecular weight is 273 g/mol. The van der Waals surface area contributed by atoms with E-state index in [0.717, 1.165) is 11.1 Å². The van der Waals surface area contributed by atoms with Gasteiger partial charge < -0.3 is 13.9 Å². The summed E-state index contributed by atoms with van der Waals surface area (Å²) >= 11 is 0. The highest BCUT2D eigenvalue weighted by Gasteiger charge is 2.20. The molecule has 104 valence electrons. The van der Waals surface area contributed by atoms with E-state index in [-0.39, 0.29) is 5.76 Å². The summed E-state index contributed by atoms with van der Waals surface area (Å²) in [5.41, 5.74) is 3.70. The van der Waals surface area contributed by atoms with Crippen LogP contribution in [-0.4, -0.2) is 17.6 Å². The number of oxazole rings is 1. The van der Waals surface area contributed by atoms with E-state index in [1.54, 1.807) is 13.8 Å². The van der Waals surface area contributed by atoms with Crippen molar-refractivity contribution in [2.24, 2.45) is 0 Å². The van der Waals surface area contributed by atoms with Gasteiger partial charge in [0.05, 0.1) is 25.5 Å². The highest BCUT2D eigenvalue weighted by molar-refractivity contribution is 5.87. The highest BCUT2D eigenvalue weighted by Crippen LogP contribution is 2.28. The predicted molar refractivity (Wildman–Crippen MR) is 71.1 cm³/mol. The maximum atomic E-state index is 11.7. The number of carbonyl (C=O) groups excluding carboxylic acids is 1. The molecule has 5 heteroatoms. The second kappa shape index (κ2) is 5.09. The lowest BCUT2D eigenvalue weighted by molar-refractivity contribution is 0.0490. The first-order valence-corrected chi connectivity index (χ1v) is 6.53. The molecule has 0 saturated heterocycles. The van der Waals surface area contributed by atoms with E-state index in [1.807, 2.05) is 18.2 Å². The topological polar surface area (TPSA) is 61.6 Å². The molecule has 0 aliphatic carbocycles. The molecule has 0 saturated carbocycles. The molecule has 20 heavy (non-hydrogen) atoms. The summed E-state index contributed by atoms with van der Waals surface area (Å²) < 4.78 is 15.9. The summed E-state index contributed by atoms with van der Waals surface area (Å²) in [6.45, 7) is 5.05. The number of fused-ring (bicyclic) bond motifs is 1. The lowest BCUT2D eigenvalue weighted by Gasteiger charge is -2.00. The third kappa shape index (κ3) is 2.20. The summed E-state index contributed by atoms with van der Waals surface area (Å²) in [6.07, 6.45) is 0. The Morgan fingerprint density at radius 3 is 2.95 bits per heavy atom. The third-order valence-electron chi connectivity index (χ3n) is 3.23. The molecule has 0 bridgehead atoms. The van der Waals surface area contributed by atoms with Crippen LogP contribution in [0.1, 0.15) is 34.3 Å². The Morgan fingerprint density at radius 1 is 1.35 bits per heavy atom. The van der Waals surface area contributed by atoms with Gasteiger partial charge in [0, 0.05) is 5.56 Å². The second-order valence-corrected chi connectivity index (χ2v) is 4.63. The monoisotopic (exact) mass is 273 g/mol. The molecule has 5 nitrogen and oxygen atoms in total. The van der Waals surface area contributed by atoms with E-state index in [4.69, 9.17) is 13.9 Å². The standard InChI is InChI=1S/C15H15NO4/c1-3-19-15(17)13-9(2)16-14(20-13)10-4-5-11-7-18-8-12(11)6-10/h4-6H,3,7-8H2,1-2H3. The van der Waals surface area contributed by atoms with Crippen LogP contribution in [0.3, 0.4) is 0 Å². The van der Waals surface area contributed by atoms with Crippen LogP contribution in [0.25, 0.3) is 11.5 Å². The number of hydrogen-bond donors (Lipinski definition) is 0. The largest absolute Gasteiger partial charge is 0.460 e. The maximum absolute atomic E-state index is 11.7. The van der Waals surface area contributed by atoms with Crippen molar-refractivity contribution in [2.45, 2.75) is 27.1 Å². The molecule has 0 unspecified atom stereocenters. The molecule has 3 rings (SSSR count). The first-order valence-electron chi connectivity index (χ1n) is 6.53. The van der Waals surface area contributed by atoms with E-state index >= 15 is 0 Å². The fourth-order valence-corrected chi connectivity index (χ4v) is 2.21. The highest BCUT2D eigenvalue weighted by atomic mass is 16.5. The number of ether oxygens (including phenoxy) is 2. The van der Waals surface area contributed by atoms with Crippen molar-refractivity contribution in [3.63, 3.8) is 0 Å². The Kier molecular flexibility index (Phi) is 3.28. The van der Waals surface area contributed by atoms with Crippen molar-refractivity contribution >= 4 is 5.97 Å². The van der Waals surface area contributed by atoms with Gasteiger partial charge in [-0.15, -0.1) is 0 Å². The van der Waals surface area contributed by atoms with Crippen LogP contribution in [0, 0.1) is 6.92 Å². The van der Waals surface area contributed by atoms with Crippen LogP contribution >= 0.6 is 0 Å². The molecule has 0 spiro atoms. The van der Waals surface area contributed by atoms with E-state index in [0.29, 0.717) is 31.4 Å². The zero-order valence-corrected chi connectivity index (χ0v) is 11.4. The van der Waals surface area contributed by atoms with Gasteiger partial charge in [-0.25, -0.2) is 9.78 Å². The first kappa shape index (κ1) is 12.9. The van der Waals surface area contributed by atoms with E-state index in [1.165, 1.54) is 5.56 Å². The Bertz CT molecular complexity index is 660. The van der Waals surface area contributed by atoms with Crippen LogP contribution in [0.15, 0.2) is 22.6 Å². The van der Waals surface area contributed by atoms with Gasteiger partial charge >= 0.3 is 5.97 Å². The number of aryl methyl sites for hydroxylation is 1. The third-order valence-corrected chi connectivity index (χ3v) is 3.23. The van der Waals surface area contributed by atoms with Crippen molar-refractivity contribution in [1.29, 1.82) is 0 Å². The summed E-state index contributed by atoms with van der Waals surface area (Å²) in [4.78, 5) is 16.0. The fraction of sp³-hybridized carbons (Fsp3) is 0.333. The Hall–Kier alpha value is -2.14. The minimum atomic E-state index is -0.478. The molecule has 0 N–H and O–H groups in total. The molecular weight excluding hydrogens is 258 g/mol. The molecule has 0 fully saturated rings. The van der Waals surface area contributed by atoms with Gasteiger partial charge in [-0.05, 0) is 37.1 Å². The Labute approximate surface area is 116 Å². The lowest BCUT2D eigenvalue weighted by Crippen LogP contribution is -2.04. The molecule has 0 amide bonds. The minimum Gasteiger partial charge on any atom is -0.460 e. The summed E-state index contributed by atoms with van der Waals surface area (Å²) in [7, 11) is 0. The predicted octanol–water partition coefficient (Wildman–Crippen LogP) is 2.86. The Balaban J connectivity index is 1.95. The fourth-order valence-electron chi connectivity index (χ4n) is 2.21. The summed E-state index contributed by atoms with van der Waals surface area (Å²) in [5, 5.41) is 0. The lowest BCUT2D eigenvalue weighted by atomic mass is 10.1.